The lowest BCUT2D eigenvalue weighted by atomic mass is 9.91. The van der Waals surface area contributed by atoms with Gasteiger partial charge in [-0.15, -0.1) is 0 Å². The molecular formula is C16H26N2. The summed E-state index contributed by atoms with van der Waals surface area (Å²) < 4.78 is 0. The third kappa shape index (κ3) is 3.12. The van der Waals surface area contributed by atoms with Crippen LogP contribution in [-0.4, -0.2) is 24.0 Å². The zero-order chi connectivity index (χ0) is 13.0. The fourth-order valence-corrected chi connectivity index (χ4v) is 3.18. The number of nitrogens with zero attached hydrogens (tertiary/aromatic N) is 1. The third-order valence-electron chi connectivity index (χ3n) is 4.16. The topological polar surface area (TPSA) is 29.3 Å². The van der Waals surface area contributed by atoms with Crippen molar-refractivity contribution < 1.29 is 0 Å². The van der Waals surface area contributed by atoms with Gasteiger partial charge in [0.2, 0.25) is 0 Å². The van der Waals surface area contributed by atoms with Gasteiger partial charge >= 0.3 is 0 Å². The highest BCUT2D eigenvalue weighted by Crippen LogP contribution is 2.29. The smallest absolute Gasteiger partial charge is 0.0496 e. The van der Waals surface area contributed by atoms with Crippen molar-refractivity contribution in [1.82, 2.24) is 4.90 Å². The van der Waals surface area contributed by atoms with Gasteiger partial charge in [-0.2, -0.15) is 0 Å². The first-order valence-corrected chi connectivity index (χ1v) is 7.27. The molecule has 3 atom stereocenters. The second-order valence-electron chi connectivity index (χ2n) is 5.63. The molecule has 0 bridgehead atoms. The molecule has 1 aliphatic rings. The summed E-state index contributed by atoms with van der Waals surface area (Å²) in [5, 5.41) is 0. The quantitative estimate of drug-likeness (QED) is 0.884. The van der Waals surface area contributed by atoms with Crippen LogP contribution in [0.2, 0.25) is 0 Å². The number of benzene rings is 1. The number of likely N-dealkylation sites (tertiary alicyclic amines) is 1. The third-order valence-corrected chi connectivity index (χ3v) is 4.16. The minimum absolute atomic E-state index is 0.183. The molecule has 2 heteroatoms. The molecule has 1 aromatic rings. The number of hydrogen-bond acceptors (Lipinski definition) is 2. The predicted molar refractivity (Wildman–Crippen MR) is 77.4 cm³/mol. The summed E-state index contributed by atoms with van der Waals surface area (Å²) in [6, 6.07) is 11.3. The number of piperidine rings is 1. The van der Waals surface area contributed by atoms with Gasteiger partial charge in [0.15, 0.2) is 0 Å². The first kappa shape index (κ1) is 13.6. The fraction of sp³-hybridized carbons (Fsp3) is 0.625. The standard InChI is InChI=1S/C16H26N2/c1-3-14-8-7-11-18(12-14)16(13(2)17)15-9-5-4-6-10-15/h4-6,9-10,13-14,16H,3,7-8,11-12,17H2,1-2H3. The highest BCUT2D eigenvalue weighted by molar-refractivity contribution is 5.20. The van der Waals surface area contributed by atoms with Gasteiger partial charge in [0.1, 0.15) is 0 Å². The maximum Gasteiger partial charge on any atom is 0.0496 e. The highest BCUT2D eigenvalue weighted by atomic mass is 15.2. The normalized spacial score (nSPS) is 24.7. The lowest BCUT2D eigenvalue weighted by Crippen LogP contribution is -2.44. The van der Waals surface area contributed by atoms with Gasteiger partial charge in [-0.1, -0.05) is 43.7 Å². The van der Waals surface area contributed by atoms with Crippen LogP contribution >= 0.6 is 0 Å². The van der Waals surface area contributed by atoms with Crippen molar-refractivity contribution in [2.75, 3.05) is 13.1 Å². The first-order chi connectivity index (χ1) is 8.72. The van der Waals surface area contributed by atoms with E-state index in [1.807, 2.05) is 0 Å². The molecule has 1 fully saturated rings. The minimum atomic E-state index is 0.183. The lowest BCUT2D eigenvalue weighted by Gasteiger charge is -2.40. The van der Waals surface area contributed by atoms with Crippen LogP contribution in [0.3, 0.4) is 0 Å². The fourth-order valence-electron chi connectivity index (χ4n) is 3.18. The van der Waals surface area contributed by atoms with E-state index < -0.39 is 0 Å². The SMILES string of the molecule is CCC1CCCN(C(c2ccccc2)C(C)N)C1. The maximum absolute atomic E-state index is 6.24. The molecule has 0 aliphatic carbocycles. The Balaban J connectivity index is 2.15. The Morgan fingerprint density at radius 2 is 2.06 bits per heavy atom. The van der Waals surface area contributed by atoms with E-state index in [1.165, 1.54) is 37.9 Å². The minimum Gasteiger partial charge on any atom is -0.326 e. The Hall–Kier alpha value is -0.860. The van der Waals surface area contributed by atoms with Gasteiger partial charge in [-0.25, -0.2) is 0 Å². The summed E-state index contributed by atoms with van der Waals surface area (Å²) in [4.78, 5) is 2.59. The van der Waals surface area contributed by atoms with Crippen LogP contribution in [-0.2, 0) is 0 Å². The van der Waals surface area contributed by atoms with Crippen LogP contribution < -0.4 is 5.73 Å². The molecule has 2 N–H and O–H groups in total. The van der Waals surface area contributed by atoms with E-state index in [-0.39, 0.29) is 6.04 Å². The average molecular weight is 246 g/mol. The zero-order valence-electron chi connectivity index (χ0n) is 11.7. The summed E-state index contributed by atoms with van der Waals surface area (Å²) in [7, 11) is 0. The molecule has 0 amide bonds. The number of nitrogens with two attached hydrogens (primary N) is 1. The van der Waals surface area contributed by atoms with Crippen molar-refractivity contribution in [3.63, 3.8) is 0 Å². The molecule has 2 rings (SSSR count). The van der Waals surface area contributed by atoms with Crippen LogP contribution in [0.15, 0.2) is 30.3 Å². The second kappa shape index (κ2) is 6.35. The number of hydrogen-bond donors (Lipinski definition) is 1. The van der Waals surface area contributed by atoms with Crippen LogP contribution in [0, 0.1) is 5.92 Å². The molecule has 0 spiro atoms. The van der Waals surface area contributed by atoms with Crippen LogP contribution in [0.1, 0.15) is 44.7 Å². The van der Waals surface area contributed by atoms with Gasteiger partial charge < -0.3 is 5.73 Å². The summed E-state index contributed by atoms with van der Waals surface area (Å²) in [6.07, 6.45) is 3.99. The Labute approximate surface area is 111 Å². The molecule has 18 heavy (non-hydrogen) atoms. The Bertz CT molecular complexity index is 347. The zero-order valence-corrected chi connectivity index (χ0v) is 11.7. The molecule has 1 saturated heterocycles. The summed E-state index contributed by atoms with van der Waals surface area (Å²) in [6.45, 7) is 6.83. The molecule has 0 radical (unpaired) electrons. The van der Waals surface area contributed by atoms with Crippen LogP contribution in [0.5, 0.6) is 0 Å². The largest absolute Gasteiger partial charge is 0.326 e. The monoisotopic (exact) mass is 246 g/mol. The molecule has 100 valence electrons. The molecule has 1 aliphatic heterocycles. The van der Waals surface area contributed by atoms with Gasteiger partial charge in [-0.05, 0) is 37.8 Å². The van der Waals surface area contributed by atoms with Crippen molar-refractivity contribution in [2.45, 2.75) is 45.2 Å². The number of rotatable bonds is 4. The van der Waals surface area contributed by atoms with Crippen molar-refractivity contribution in [2.24, 2.45) is 11.7 Å². The van der Waals surface area contributed by atoms with Crippen molar-refractivity contribution in [1.29, 1.82) is 0 Å². The Morgan fingerprint density at radius 1 is 1.33 bits per heavy atom. The maximum atomic E-state index is 6.24. The van der Waals surface area contributed by atoms with Gasteiger partial charge in [0.05, 0.1) is 0 Å². The Morgan fingerprint density at radius 3 is 2.67 bits per heavy atom. The predicted octanol–water partition coefficient (Wildman–Crippen LogP) is 3.20. The van der Waals surface area contributed by atoms with Gasteiger partial charge in [-0.3, -0.25) is 4.90 Å². The van der Waals surface area contributed by atoms with Crippen LogP contribution in [0.25, 0.3) is 0 Å². The average Bonchev–Trinajstić information content (AvgIpc) is 2.40. The summed E-state index contributed by atoms with van der Waals surface area (Å²) in [5.41, 5.74) is 7.61. The summed E-state index contributed by atoms with van der Waals surface area (Å²) >= 11 is 0. The van der Waals surface area contributed by atoms with E-state index in [1.54, 1.807) is 0 Å². The lowest BCUT2D eigenvalue weighted by molar-refractivity contribution is 0.108. The highest BCUT2D eigenvalue weighted by Gasteiger charge is 2.28. The molecule has 0 saturated carbocycles. The van der Waals surface area contributed by atoms with Gasteiger partial charge in [0, 0.05) is 18.6 Å². The van der Waals surface area contributed by atoms with E-state index in [0.29, 0.717) is 6.04 Å². The van der Waals surface area contributed by atoms with E-state index in [0.717, 1.165) is 5.92 Å². The van der Waals surface area contributed by atoms with E-state index in [4.69, 9.17) is 5.73 Å². The molecule has 2 nitrogen and oxygen atoms in total. The molecule has 3 unspecified atom stereocenters. The van der Waals surface area contributed by atoms with Gasteiger partial charge in [0.25, 0.3) is 0 Å². The van der Waals surface area contributed by atoms with Crippen molar-refractivity contribution in [3.8, 4) is 0 Å². The summed E-state index contributed by atoms with van der Waals surface area (Å²) in [5.74, 6) is 0.851. The molecule has 0 aromatic heterocycles. The van der Waals surface area contributed by atoms with Crippen molar-refractivity contribution >= 4 is 0 Å². The van der Waals surface area contributed by atoms with Crippen molar-refractivity contribution in [3.05, 3.63) is 35.9 Å². The van der Waals surface area contributed by atoms with E-state index >= 15 is 0 Å². The molecule has 1 heterocycles. The Kier molecular flexibility index (Phi) is 4.79. The molecular weight excluding hydrogens is 220 g/mol. The van der Waals surface area contributed by atoms with E-state index in [9.17, 15) is 0 Å². The first-order valence-electron chi connectivity index (χ1n) is 7.27. The van der Waals surface area contributed by atoms with E-state index in [2.05, 4.69) is 49.1 Å². The molecule has 1 aromatic carbocycles. The second-order valence-corrected chi connectivity index (χ2v) is 5.63. The van der Waals surface area contributed by atoms with Crippen LogP contribution in [0.4, 0.5) is 0 Å².